The van der Waals surface area contributed by atoms with Crippen LogP contribution in [0.25, 0.3) is 0 Å². The van der Waals surface area contributed by atoms with Crippen LogP contribution in [0.1, 0.15) is 16.7 Å². The van der Waals surface area contributed by atoms with Crippen molar-refractivity contribution in [3.05, 3.63) is 57.6 Å². The van der Waals surface area contributed by atoms with E-state index in [9.17, 15) is 0 Å². The van der Waals surface area contributed by atoms with E-state index in [0.29, 0.717) is 0 Å². The van der Waals surface area contributed by atoms with E-state index < -0.39 is 0 Å². The number of nitrogens with two attached hydrogens (primary N) is 1. The second-order valence-corrected chi connectivity index (χ2v) is 5.90. The second-order valence-electron chi connectivity index (χ2n) is 4.99. The Kier molecular flexibility index (Phi) is 4.15. The first-order chi connectivity index (χ1) is 8.97. The minimum absolute atomic E-state index is 0.820. The van der Waals surface area contributed by atoms with E-state index >= 15 is 0 Å². The first-order valence-corrected chi connectivity index (χ1v) is 7.09. The standard InChI is InChI=1S/C16H19BrN2/c1-11-4-7-15(18)16(8-11)19(3)10-13-9-14(17)6-5-12(13)2/h4-9H,10,18H2,1-3H3. The summed E-state index contributed by atoms with van der Waals surface area (Å²) in [6.07, 6.45) is 0. The van der Waals surface area contributed by atoms with Gasteiger partial charge in [-0.15, -0.1) is 0 Å². The topological polar surface area (TPSA) is 29.3 Å². The van der Waals surface area contributed by atoms with Crippen molar-refractivity contribution in [1.82, 2.24) is 0 Å². The molecule has 2 aromatic rings. The van der Waals surface area contributed by atoms with E-state index in [1.54, 1.807) is 0 Å². The molecule has 0 spiro atoms. The summed E-state index contributed by atoms with van der Waals surface area (Å²) in [5.74, 6) is 0. The van der Waals surface area contributed by atoms with E-state index in [1.165, 1.54) is 16.7 Å². The van der Waals surface area contributed by atoms with Gasteiger partial charge in [-0.2, -0.15) is 0 Å². The molecule has 19 heavy (non-hydrogen) atoms. The van der Waals surface area contributed by atoms with E-state index in [-0.39, 0.29) is 0 Å². The summed E-state index contributed by atoms with van der Waals surface area (Å²) < 4.78 is 1.11. The zero-order valence-electron chi connectivity index (χ0n) is 11.6. The summed E-state index contributed by atoms with van der Waals surface area (Å²) in [5, 5.41) is 0. The maximum absolute atomic E-state index is 6.06. The van der Waals surface area contributed by atoms with E-state index in [0.717, 1.165) is 22.4 Å². The number of nitrogen functional groups attached to an aromatic ring is 1. The van der Waals surface area contributed by atoms with Crippen molar-refractivity contribution in [2.75, 3.05) is 17.7 Å². The van der Waals surface area contributed by atoms with Crippen LogP contribution in [-0.2, 0) is 6.54 Å². The summed E-state index contributed by atoms with van der Waals surface area (Å²) in [7, 11) is 2.07. The smallest absolute Gasteiger partial charge is 0.0603 e. The van der Waals surface area contributed by atoms with Gasteiger partial charge in [0.2, 0.25) is 0 Å². The highest BCUT2D eigenvalue weighted by molar-refractivity contribution is 9.10. The summed E-state index contributed by atoms with van der Waals surface area (Å²) >= 11 is 3.53. The second kappa shape index (κ2) is 5.66. The highest BCUT2D eigenvalue weighted by Crippen LogP contribution is 2.26. The summed E-state index contributed by atoms with van der Waals surface area (Å²) in [5.41, 5.74) is 11.8. The van der Waals surface area contributed by atoms with Crippen LogP contribution in [-0.4, -0.2) is 7.05 Å². The SMILES string of the molecule is Cc1ccc(N)c(N(C)Cc2cc(Br)ccc2C)c1. The molecule has 0 radical (unpaired) electrons. The number of hydrogen-bond acceptors (Lipinski definition) is 2. The lowest BCUT2D eigenvalue weighted by molar-refractivity contribution is 0.914. The van der Waals surface area contributed by atoms with Crippen molar-refractivity contribution in [3.8, 4) is 0 Å². The molecule has 0 aliphatic carbocycles. The third-order valence-corrected chi connectivity index (χ3v) is 3.81. The molecule has 3 heteroatoms. The zero-order chi connectivity index (χ0) is 14.0. The van der Waals surface area contributed by atoms with Gasteiger partial charge in [0.15, 0.2) is 0 Å². The molecule has 2 rings (SSSR count). The number of benzene rings is 2. The molecule has 2 aromatic carbocycles. The Morgan fingerprint density at radius 3 is 2.58 bits per heavy atom. The van der Waals surface area contributed by atoms with Crippen molar-refractivity contribution in [1.29, 1.82) is 0 Å². The Labute approximate surface area is 123 Å². The van der Waals surface area contributed by atoms with Crippen molar-refractivity contribution in [2.45, 2.75) is 20.4 Å². The largest absolute Gasteiger partial charge is 0.397 e. The minimum Gasteiger partial charge on any atom is -0.397 e. The summed E-state index contributed by atoms with van der Waals surface area (Å²) in [6.45, 7) is 5.06. The van der Waals surface area contributed by atoms with Gasteiger partial charge in [-0.1, -0.05) is 28.1 Å². The molecule has 2 N–H and O–H groups in total. The number of aryl methyl sites for hydroxylation is 2. The number of halogens is 1. The van der Waals surface area contributed by atoms with Crippen molar-refractivity contribution in [2.24, 2.45) is 0 Å². The lowest BCUT2D eigenvalue weighted by atomic mass is 10.1. The molecule has 0 saturated heterocycles. The van der Waals surface area contributed by atoms with E-state index in [1.807, 2.05) is 12.1 Å². The normalized spacial score (nSPS) is 10.5. The fourth-order valence-corrected chi connectivity index (χ4v) is 2.54. The number of anilines is 2. The van der Waals surface area contributed by atoms with Crippen LogP contribution in [0.3, 0.4) is 0 Å². The molecule has 0 aliphatic heterocycles. The van der Waals surface area contributed by atoms with E-state index in [2.05, 4.69) is 66.0 Å². The number of nitrogens with zero attached hydrogens (tertiary/aromatic N) is 1. The summed E-state index contributed by atoms with van der Waals surface area (Å²) in [6, 6.07) is 12.5. The van der Waals surface area contributed by atoms with E-state index in [4.69, 9.17) is 5.73 Å². The van der Waals surface area contributed by atoms with Gasteiger partial charge < -0.3 is 10.6 Å². The predicted octanol–water partition coefficient (Wildman–Crippen LogP) is 4.28. The van der Waals surface area contributed by atoms with Gasteiger partial charge >= 0.3 is 0 Å². The Morgan fingerprint density at radius 1 is 1.11 bits per heavy atom. The molecule has 0 fully saturated rings. The summed E-state index contributed by atoms with van der Waals surface area (Å²) in [4.78, 5) is 2.19. The first-order valence-electron chi connectivity index (χ1n) is 6.29. The van der Waals surface area contributed by atoms with Gasteiger partial charge in [-0.25, -0.2) is 0 Å². The third kappa shape index (κ3) is 3.29. The zero-order valence-corrected chi connectivity index (χ0v) is 13.2. The molecule has 0 aliphatic rings. The average molecular weight is 319 g/mol. The van der Waals surface area contributed by atoms with Gasteiger partial charge in [-0.05, 0) is 54.8 Å². The first kappa shape index (κ1) is 13.9. The maximum Gasteiger partial charge on any atom is 0.0603 e. The predicted molar refractivity (Wildman–Crippen MR) is 86.6 cm³/mol. The molecule has 0 saturated carbocycles. The number of rotatable bonds is 3. The van der Waals surface area contributed by atoms with Crippen LogP contribution < -0.4 is 10.6 Å². The molecule has 0 heterocycles. The minimum atomic E-state index is 0.820. The van der Waals surface area contributed by atoms with Gasteiger partial charge in [-0.3, -0.25) is 0 Å². The van der Waals surface area contributed by atoms with Gasteiger partial charge in [0.25, 0.3) is 0 Å². The molecule has 0 aromatic heterocycles. The average Bonchev–Trinajstić information content (AvgIpc) is 2.36. The Hall–Kier alpha value is -1.48. The van der Waals surface area contributed by atoms with Crippen LogP contribution in [0.4, 0.5) is 11.4 Å². The molecule has 0 amide bonds. The molecular formula is C16H19BrN2. The lowest BCUT2D eigenvalue weighted by Gasteiger charge is -2.22. The lowest BCUT2D eigenvalue weighted by Crippen LogP contribution is -2.18. The molecule has 2 nitrogen and oxygen atoms in total. The molecular weight excluding hydrogens is 300 g/mol. The third-order valence-electron chi connectivity index (χ3n) is 3.32. The Bertz CT molecular complexity index is 593. The fourth-order valence-electron chi connectivity index (χ4n) is 2.14. The molecule has 0 unspecified atom stereocenters. The maximum atomic E-state index is 6.06. The van der Waals surface area contributed by atoms with Crippen LogP contribution in [0.15, 0.2) is 40.9 Å². The van der Waals surface area contributed by atoms with Crippen LogP contribution >= 0.6 is 15.9 Å². The van der Waals surface area contributed by atoms with Gasteiger partial charge in [0.1, 0.15) is 0 Å². The van der Waals surface area contributed by atoms with Crippen molar-refractivity contribution in [3.63, 3.8) is 0 Å². The van der Waals surface area contributed by atoms with Crippen LogP contribution in [0, 0.1) is 13.8 Å². The highest BCUT2D eigenvalue weighted by atomic mass is 79.9. The van der Waals surface area contributed by atoms with Crippen LogP contribution in [0.5, 0.6) is 0 Å². The quantitative estimate of drug-likeness (QED) is 0.856. The van der Waals surface area contributed by atoms with Crippen molar-refractivity contribution >= 4 is 27.3 Å². The van der Waals surface area contributed by atoms with Gasteiger partial charge in [0, 0.05) is 18.1 Å². The molecule has 100 valence electrons. The van der Waals surface area contributed by atoms with Crippen LogP contribution in [0.2, 0.25) is 0 Å². The number of hydrogen-bond donors (Lipinski definition) is 1. The fraction of sp³-hybridized carbons (Fsp3) is 0.250. The molecule has 0 bridgehead atoms. The monoisotopic (exact) mass is 318 g/mol. The van der Waals surface area contributed by atoms with Gasteiger partial charge in [0.05, 0.1) is 11.4 Å². The Balaban J connectivity index is 2.27. The molecule has 0 atom stereocenters. The highest BCUT2D eigenvalue weighted by Gasteiger charge is 2.08. The Morgan fingerprint density at radius 2 is 1.84 bits per heavy atom. The van der Waals surface area contributed by atoms with Crippen molar-refractivity contribution < 1.29 is 0 Å².